The van der Waals surface area contributed by atoms with Gasteiger partial charge in [-0.1, -0.05) is 80.7 Å². The zero-order valence-electron chi connectivity index (χ0n) is 12.2. The zero-order valence-corrected chi connectivity index (χ0v) is 14.2. The highest BCUT2D eigenvalue weighted by molar-refractivity contribution is 7.03. The molecule has 0 radical (unpaired) electrons. The van der Waals surface area contributed by atoms with Gasteiger partial charge in [-0.2, -0.15) is 0 Å². The predicted molar refractivity (Wildman–Crippen MR) is 84.4 cm³/mol. The van der Waals surface area contributed by atoms with Gasteiger partial charge in [0, 0.05) is 0 Å². The topological polar surface area (TPSA) is 0 Å². The Morgan fingerprint density at radius 3 is 2.12 bits per heavy atom. The first-order valence-electron chi connectivity index (χ1n) is 6.89. The summed E-state index contributed by atoms with van der Waals surface area (Å²) in [5, 5.41) is 3.62. The van der Waals surface area contributed by atoms with Crippen molar-refractivity contribution in [3.05, 3.63) is 23.8 Å². The van der Waals surface area contributed by atoms with Gasteiger partial charge in [0.25, 0.3) is 0 Å². The maximum absolute atomic E-state index is 2.57. The summed E-state index contributed by atoms with van der Waals surface area (Å²) < 4.78 is 0. The van der Waals surface area contributed by atoms with Crippen molar-refractivity contribution in [3.8, 4) is 0 Å². The van der Waals surface area contributed by atoms with Crippen molar-refractivity contribution in [2.24, 2.45) is 0 Å². The molecule has 0 aliphatic carbocycles. The molecule has 0 saturated heterocycles. The second-order valence-corrected chi connectivity index (χ2v) is 16.8. The SMILES string of the molecule is CC(C)c1cccc2c1[Si](C)(C)CC[Si]2(C)C. The van der Waals surface area contributed by atoms with Gasteiger partial charge < -0.3 is 0 Å². The molecule has 94 valence electrons. The molecule has 1 heterocycles. The second kappa shape index (κ2) is 4.09. The first-order chi connectivity index (χ1) is 7.76. The average molecular weight is 263 g/mol. The molecule has 0 amide bonds. The summed E-state index contributed by atoms with van der Waals surface area (Å²) in [6.45, 7) is 15.0. The number of rotatable bonds is 1. The van der Waals surface area contributed by atoms with E-state index < -0.39 is 16.1 Å². The molecule has 2 rings (SSSR count). The molecule has 0 saturated carbocycles. The highest BCUT2D eigenvalue weighted by Gasteiger charge is 2.40. The molecule has 1 aromatic carbocycles. The Morgan fingerprint density at radius 2 is 1.53 bits per heavy atom. The van der Waals surface area contributed by atoms with E-state index in [2.05, 4.69) is 58.2 Å². The van der Waals surface area contributed by atoms with Gasteiger partial charge in [0.2, 0.25) is 0 Å². The molecule has 0 bridgehead atoms. The molecular weight excluding hydrogens is 236 g/mol. The Hall–Kier alpha value is -0.346. The quantitative estimate of drug-likeness (QED) is 0.678. The molecule has 1 aromatic rings. The fourth-order valence-electron chi connectivity index (χ4n) is 3.26. The van der Waals surface area contributed by atoms with E-state index in [1.54, 1.807) is 10.8 Å². The summed E-state index contributed by atoms with van der Waals surface area (Å²) in [4.78, 5) is 0. The van der Waals surface area contributed by atoms with Gasteiger partial charge in [0.05, 0.1) is 16.1 Å². The average Bonchev–Trinajstić information content (AvgIpc) is 2.24. The third kappa shape index (κ3) is 2.17. The zero-order chi connectivity index (χ0) is 12.8. The van der Waals surface area contributed by atoms with Gasteiger partial charge >= 0.3 is 0 Å². The lowest BCUT2D eigenvalue weighted by Gasteiger charge is -2.41. The summed E-state index contributed by atoms with van der Waals surface area (Å²) >= 11 is 0. The highest BCUT2D eigenvalue weighted by atomic mass is 28.3. The van der Waals surface area contributed by atoms with Crippen molar-refractivity contribution in [1.82, 2.24) is 0 Å². The maximum atomic E-state index is 2.57. The van der Waals surface area contributed by atoms with Crippen LogP contribution in [0.1, 0.15) is 25.3 Å². The Balaban J connectivity index is 2.71. The van der Waals surface area contributed by atoms with Crippen LogP contribution >= 0.6 is 0 Å². The van der Waals surface area contributed by atoms with Crippen LogP contribution < -0.4 is 10.4 Å². The molecule has 1 aliphatic heterocycles. The van der Waals surface area contributed by atoms with E-state index >= 15 is 0 Å². The monoisotopic (exact) mass is 262 g/mol. The Kier molecular flexibility index (Phi) is 3.15. The van der Waals surface area contributed by atoms with Crippen LogP contribution in [0.25, 0.3) is 0 Å². The van der Waals surface area contributed by atoms with E-state index in [0.717, 1.165) is 0 Å². The fourth-order valence-corrected chi connectivity index (χ4v) is 14.1. The van der Waals surface area contributed by atoms with Crippen molar-refractivity contribution in [2.45, 2.75) is 58.0 Å². The molecule has 0 aromatic heterocycles. The van der Waals surface area contributed by atoms with Crippen LogP contribution in [0.5, 0.6) is 0 Å². The molecule has 0 N–H and O–H groups in total. The molecule has 1 aliphatic rings. The smallest absolute Gasteiger partial charge is 0.0654 e. The molecule has 0 nitrogen and oxygen atoms in total. The predicted octanol–water partition coefficient (Wildman–Crippen LogP) is 3.65. The van der Waals surface area contributed by atoms with Crippen LogP contribution in [-0.4, -0.2) is 16.1 Å². The van der Waals surface area contributed by atoms with Crippen LogP contribution in [0, 0.1) is 0 Å². The van der Waals surface area contributed by atoms with Crippen LogP contribution in [0.15, 0.2) is 18.2 Å². The summed E-state index contributed by atoms with van der Waals surface area (Å²) in [6, 6.07) is 10.1. The van der Waals surface area contributed by atoms with Crippen LogP contribution in [0.3, 0.4) is 0 Å². The van der Waals surface area contributed by atoms with E-state index in [1.807, 2.05) is 5.19 Å². The lowest BCUT2D eigenvalue weighted by atomic mass is 10.0. The minimum atomic E-state index is -1.17. The lowest BCUT2D eigenvalue weighted by Crippen LogP contribution is -2.64. The summed E-state index contributed by atoms with van der Waals surface area (Å²) in [7, 11) is -2.32. The maximum Gasteiger partial charge on any atom is 0.0805 e. The number of hydrogen-bond donors (Lipinski definition) is 0. The van der Waals surface area contributed by atoms with Crippen molar-refractivity contribution in [3.63, 3.8) is 0 Å². The van der Waals surface area contributed by atoms with E-state index in [9.17, 15) is 0 Å². The largest absolute Gasteiger partial charge is 0.0805 e. The molecular formula is C15H26Si2. The van der Waals surface area contributed by atoms with Crippen molar-refractivity contribution < 1.29 is 0 Å². The molecule has 0 atom stereocenters. The third-order valence-corrected chi connectivity index (χ3v) is 12.0. The van der Waals surface area contributed by atoms with Crippen molar-refractivity contribution in [1.29, 1.82) is 0 Å². The van der Waals surface area contributed by atoms with Gasteiger partial charge in [-0.05, 0) is 11.5 Å². The number of fused-ring (bicyclic) bond motifs is 1. The van der Waals surface area contributed by atoms with Crippen molar-refractivity contribution in [2.75, 3.05) is 0 Å². The van der Waals surface area contributed by atoms with Crippen molar-refractivity contribution >= 4 is 26.5 Å². The Morgan fingerprint density at radius 1 is 0.941 bits per heavy atom. The van der Waals surface area contributed by atoms with Crippen LogP contribution in [0.2, 0.25) is 38.3 Å². The molecule has 17 heavy (non-hydrogen) atoms. The van der Waals surface area contributed by atoms with Gasteiger partial charge in [0.1, 0.15) is 0 Å². The first-order valence-corrected chi connectivity index (χ1v) is 13.3. The summed E-state index contributed by atoms with van der Waals surface area (Å²) in [6.07, 6.45) is 0. The van der Waals surface area contributed by atoms with E-state index in [4.69, 9.17) is 0 Å². The van der Waals surface area contributed by atoms with Gasteiger partial charge in [-0.25, -0.2) is 0 Å². The summed E-state index contributed by atoms with van der Waals surface area (Å²) in [5.74, 6) is 0.680. The minimum absolute atomic E-state index is 0.680. The normalized spacial score (nSPS) is 21.4. The van der Waals surface area contributed by atoms with Crippen LogP contribution in [0.4, 0.5) is 0 Å². The molecule has 2 heteroatoms. The van der Waals surface area contributed by atoms with E-state index in [0.29, 0.717) is 5.92 Å². The third-order valence-electron chi connectivity index (χ3n) is 4.50. The fraction of sp³-hybridized carbons (Fsp3) is 0.600. The number of hydrogen-bond acceptors (Lipinski definition) is 0. The standard InChI is InChI=1S/C15H26Si2/c1-12(2)13-8-7-9-14-15(13)17(5,6)11-10-16(14,3)4/h7-9,12H,10-11H2,1-6H3. The summed E-state index contributed by atoms with van der Waals surface area (Å²) in [5.41, 5.74) is 1.65. The van der Waals surface area contributed by atoms with Crippen LogP contribution in [-0.2, 0) is 0 Å². The Bertz CT molecular complexity index is 431. The second-order valence-electron chi connectivity index (χ2n) is 7.19. The number of benzene rings is 1. The van der Waals surface area contributed by atoms with E-state index in [-0.39, 0.29) is 0 Å². The van der Waals surface area contributed by atoms with E-state index in [1.165, 1.54) is 12.1 Å². The molecule has 0 unspecified atom stereocenters. The lowest BCUT2D eigenvalue weighted by molar-refractivity contribution is 0.872. The van der Waals surface area contributed by atoms with Gasteiger partial charge in [-0.3, -0.25) is 0 Å². The van der Waals surface area contributed by atoms with Gasteiger partial charge in [0.15, 0.2) is 0 Å². The minimum Gasteiger partial charge on any atom is -0.0654 e. The molecule has 0 spiro atoms. The molecule has 0 fully saturated rings. The first kappa shape index (κ1) is 13.1. The Labute approximate surface area is 108 Å². The highest BCUT2D eigenvalue weighted by Crippen LogP contribution is 2.28. The van der Waals surface area contributed by atoms with Gasteiger partial charge in [-0.15, -0.1) is 0 Å².